The molecule has 3 rings (SSSR count). The van der Waals surface area contributed by atoms with Crippen LogP contribution >= 0.6 is 0 Å². The number of primary amides is 1. The molecular formula is C23H27N5O3. The minimum Gasteiger partial charge on any atom is -0.457 e. The highest BCUT2D eigenvalue weighted by Crippen LogP contribution is 2.26. The highest BCUT2D eigenvalue weighted by molar-refractivity contribution is 5.90. The number of carbonyl (C=O) groups is 2. The number of carbonyl (C=O) groups excluding carboxylic acids is 2. The Morgan fingerprint density at radius 2 is 1.84 bits per heavy atom. The molecule has 0 radical (unpaired) electrons. The number of urea groups is 1. The molecule has 0 saturated heterocycles. The molecule has 3 aromatic rings. The monoisotopic (exact) mass is 421 g/mol. The molecule has 0 saturated carbocycles. The third-order valence-electron chi connectivity index (χ3n) is 4.89. The summed E-state index contributed by atoms with van der Waals surface area (Å²) in [6, 6.07) is 17.1. The first kappa shape index (κ1) is 21.9. The number of nitrogens with zero attached hydrogens (tertiary/aromatic N) is 2. The predicted octanol–water partition coefficient (Wildman–Crippen LogP) is 4.38. The van der Waals surface area contributed by atoms with Gasteiger partial charge in [-0.3, -0.25) is 4.79 Å². The number of nitrogens with two attached hydrogens (primary N) is 1. The summed E-state index contributed by atoms with van der Waals surface area (Å²) < 4.78 is 7.63. The summed E-state index contributed by atoms with van der Waals surface area (Å²) in [4.78, 5) is 24.3. The van der Waals surface area contributed by atoms with Crippen molar-refractivity contribution in [3.63, 3.8) is 0 Å². The van der Waals surface area contributed by atoms with Crippen LogP contribution in [0.25, 0.3) is 0 Å². The average Bonchev–Trinajstić information content (AvgIpc) is 3.21. The summed E-state index contributed by atoms with van der Waals surface area (Å²) in [6.07, 6.45) is 2.53. The number of hydrogen-bond acceptors (Lipinski definition) is 4. The highest BCUT2D eigenvalue weighted by Gasteiger charge is 2.20. The smallest absolute Gasteiger partial charge is 0.312 e. The largest absolute Gasteiger partial charge is 0.457 e. The first-order valence-electron chi connectivity index (χ1n) is 10.2. The van der Waals surface area contributed by atoms with Gasteiger partial charge in [0.05, 0.1) is 24.7 Å². The van der Waals surface area contributed by atoms with Crippen LogP contribution in [-0.2, 0) is 4.79 Å². The fourth-order valence-corrected chi connectivity index (χ4v) is 3.16. The maximum absolute atomic E-state index is 12.7. The van der Waals surface area contributed by atoms with Gasteiger partial charge in [0.25, 0.3) is 0 Å². The Hall–Kier alpha value is -3.81. The van der Waals surface area contributed by atoms with Crippen molar-refractivity contribution >= 4 is 17.8 Å². The maximum atomic E-state index is 12.7. The van der Waals surface area contributed by atoms with E-state index in [-0.39, 0.29) is 18.4 Å². The topological polar surface area (TPSA) is 111 Å². The van der Waals surface area contributed by atoms with Gasteiger partial charge in [-0.25, -0.2) is 9.48 Å². The summed E-state index contributed by atoms with van der Waals surface area (Å²) >= 11 is 0. The van der Waals surface area contributed by atoms with Crippen LogP contribution in [0.2, 0.25) is 0 Å². The van der Waals surface area contributed by atoms with Gasteiger partial charge in [0.15, 0.2) is 0 Å². The normalized spacial score (nSPS) is 12.6. The van der Waals surface area contributed by atoms with Gasteiger partial charge < -0.3 is 21.1 Å². The molecule has 2 unspecified atom stereocenters. The fourth-order valence-electron chi connectivity index (χ4n) is 3.16. The molecule has 4 N–H and O–H groups in total. The van der Waals surface area contributed by atoms with Crippen LogP contribution in [-0.4, -0.2) is 21.7 Å². The van der Waals surface area contributed by atoms with Gasteiger partial charge >= 0.3 is 6.03 Å². The van der Waals surface area contributed by atoms with Gasteiger partial charge in [-0.15, -0.1) is 0 Å². The lowest BCUT2D eigenvalue weighted by atomic mass is 10.0. The zero-order valence-corrected chi connectivity index (χ0v) is 17.6. The van der Waals surface area contributed by atoms with Gasteiger partial charge in [-0.1, -0.05) is 37.3 Å². The molecule has 0 spiro atoms. The second kappa shape index (κ2) is 10.3. The zero-order valence-electron chi connectivity index (χ0n) is 17.6. The fraction of sp³-hybridized carbons (Fsp3) is 0.261. The second-order valence-corrected chi connectivity index (χ2v) is 7.22. The number of hydrogen-bond donors (Lipinski definition) is 3. The van der Waals surface area contributed by atoms with Crippen molar-refractivity contribution in [3.05, 3.63) is 72.4 Å². The minimum atomic E-state index is -0.711. The number of benzene rings is 2. The van der Waals surface area contributed by atoms with Crippen LogP contribution in [0.1, 0.15) is 44.3 Å². The quantitative estimate of drug-likeness (QED) is 0.476. The summed E-state index contributed by atoms with van der Waals surface area (Å²) in [5.74, 6) is 1.63. The van der Waals surface area contributed by atoms with Gasteiger partial charge in [0.2, 0.25) is 5.91 Å². The Morgan fingerprint density at radius 1 is 1.10 bits per heavy atom. The van der Waals surface area contributed by atoms with E-state index < -0.39 is 12.1 Å². The van der Waals surface area contributed by atoms with Crippen LogP contribution in [0, 0.1) is 0 Å². The van der Waals surface area contributed by atoms with Crippen molar-refractivity contribution in [1.82, 2.24) is 15.1 Å². The predicted molar refractivity (Wildman–Crippen MR) is 119 cm³/mol. The lowest BCUT2D eigenvalue weighted by Crippen LogP contribution is -2.35. The Kier molecular flexibility index (Phi) is 7.26. The summed E-state index contributed by atoms with van der Waals surface area (Å²) in [7, 11) is 0. The minimum absolute atomic E-state index is 0.00339. The molecule has 3 amide bonds. The van der Waals surface area contributed by atoms with Crippen molar-refractivity contribution in [3.8, 4) is 11.5 Å². The molecule has 0 aliphatic carbocycles. The molecule has 0 aliphatic rings. The Morgan fingerprint density at radius 3 is 2.55 bits per heavy atom. The third-order valence-corrected chi connectivity index (χ3v) is 4.89. The van der Waals surface area contributed by atoms with Crippen LogP contribution < -0.4 is 21.1 Å². The SMILES string of the molecule is CCC(C)n1nccc1NC(=O)CC(NC(N)=O)c1cccc(Oc2ccccc2)c1. The molecule has 0 fully saturated rings. The lowest BCUT2D eigenvalue weighted by Gasteiger charge is -2.19. The molecule has 31 heavy (non-hydrogen) atoms. The Balaban J connectivity index is 1.75. The number of para-hydroxylation sites is 1. The van der Waals surface area contributed by atoms with Gasteiger partial charge in [0.1, 0.15) is 17.3 Å². The Labute approximate surface area is 181 Å². The molecule has 8 heteroatoms. The molecule has 2 atom stereocenters. The van der Waals surface area contributed by atoms with Crippen molar-refractivity contribution in [1.29, 1.82) is 0 Å². The van der Waals surface area contributed by atoms with Gasteiger partial charge in [-0.05, 0) is 43.2 Å². The van der Waals surface area contributed by atoms with Crippen molar-refractivity contribution in [2.45, 2.75) is 38.8 Å². The van der Waals surface area contributed by atoms with Crippen molar-refractivity contribution in [2.75, 3.05) is 5.32 Å². The van der Waals surface area contributed by atoms with E-state index in [1.54, 1.807) is 29.1 Å². The average molecular weight is 422 g/mol. The summed E-state index contributed by atoms with van der Waals surface area (Å²) in [6.45, 7) is 4.08. The van der Waals surface area contributed by atoms with E-state index in [0.717, 1.165) is 6.42 Å². The first-order chi connectivity index (χ1) is 15.0. The maximum Gasteiger partial charge on any atom is 0.312 e. The number of rotatable bonds is 9. The zero-order chi connectivity index (χ0) is 22.2. The molecule has 162 valence electrons. The van der Waals surface area contributed by atoms with Crippen LogP contribution in [0.4, 0.5) is 10.6 Å². The van der Waals surface area contributed by atoms with E-state index in [4.69, 9.17) is 10.5 Å². The van der Waals surface area contributed by atoms with Crippen molar-refractivity contribution in [2.24, 2.45) is 5.73 Å². The number of amides is 3. The number of nitrogens with one attached hydrogen (secondary N) is 2. The van der Waals surface area contributed by atoms with Crippen LogP contribution in [0.3, 0.4) is 0 Å². The molecule has 2 aromatic carbocycles. The third kappa shape index (κ3) is 6.08. The van der Waals surface area contributed by atoms with E-state index in [1.807, 2.05) is 49.4 Å². The number of ether oxygens (including phenoxy) is 1. The van der Waals surface area contributed by atoms with E-state index in [9.17, 15) is 9.59 Å². The molecule has 0 bridgehead atoms. The van der Waals surface area contributed by atoms with Crippen molar-refractivity contribution < 1.29 is 14.3 Å². The molecule has 8 nitrogen and oxygen atoms in total. The summed E-state index contributed by atoms with van der Waals surface area (Å²) in [5, 5.41) is 9.79. The first-order valence-corrected chi connectivity index (χ1v) is 10.2. The lowest BCUT2D eigenvalue weighted by molar-refractivity contribution is -0.116. The Bertz CT molecular complexity index is 1020. The van der Waals surface area contributed by atoms with Gasteiger partial charge in [0, 0.05) is 6.07 Å². The second-order valence-electron chi connectivity index (χ2n) is 7.22. The number of aromatic nitrogens is 2. The molecule has 1 heterocycles. The van der Waals surface area contributed by atoms with Gasteiger partial charge in [-0.2, -0.15) is 5.10 Å². The van der Waals surface area contributed by atoms with Crippen LogP contribution in [0.15, 0.2) is 66.9 Å². The molecule has 0 aliphatic heterocycles. The van der Waals surface area contributed by atoms with E-state index in [0.29, 0.717) is 22.9 Å². The standard InChI is InChI=1S/C23H27N5O3/c1-3-16(2)28-21(12-13-25-28)27-22(29)15-20(26-23(24)30)17-8-7-11-19(14-17)31-18-9-5-4-6-10-18/h4-14,16,20H,3,15H2,1-2H3,(H,27,29)(H3,24,26,30). The molecule has 1 aromatic heterocycles. The van der Waals surface area contributed by atoms with E-state index in [2.05, 4.69) is 22.7 Å². The summed E-state index contributed by atoms with van der Waals surface area (Å²) in [5.41, 5.74) is 6.07. The highest BCUT2D eigenvalue weighted by atomic mass is 16.5. The van der Waals surface area contributed by atoms with E-state index >= 15 is 0 Å². The van der Waals surface area contributed by atoms with E-state index in [1.165, 1.54) is 0 Å². The molecular weight excluding hydrogens is 394 g/mol. The van der Waals surface area contributed by atoms with Crippen LogP contribution in [0.5, 0.6) is 11.5 Å². The number of anilines is 1.